The van der Waals surface area contributed by atoms with Crippen molar-refractivity contribution in [1.29, 1.82) is 0 Å². The lowest BCUT2D eigenvalue weighted by molar-refractivity contribution is -0.133. The quantitative estimate of drug-likeness (QED) is 0.784. The summed E-state index contributed by atoms with van der Waals surface area (Å²) >= 11 is 2.94. The monoisotopic (exact) mass is 332 g/mol. The molecule has 0 aliphatic carbocycles. The van der Waals surface area contributed by atoms with Crippen LogP contribution in [0.5, 0.6) is 0 Å². The van der Waals surface area contributed by atoms with Crippen molar-refractivity contribution < 1.29 is 18.4 Å². The Bertz CT molecular complexity index is 528. The van der Waals surface area contributed by atoms with Crippen molar-refractivity contribution >= 4 is 27.7 Å². The summed E-state index contributed by atoms with van der Waals surface area (Å²) in [4.78, 5) is 26.2. The summed E-state index contributed by atoms with van der Waals surface area (Å²) in [5.74, 6) is -2.94. The van der Waals surface area contributed by atoms with Crippen LogP contribution >= 0.6 is 15.9 Å². The number of halogens is 3. The van der Waals surface area contributed by atoms with E-state index in [1.807, 2.05) is 0 Å². The molecule has 4 nitrogen and oxygen atoms in total. The van der Waals surface area contributed by atoms with E-state index in [1.165, 1.54) is 4.90 Å². The number of amides is 2. The Morgan fingerprint density at radius 2 is 1.84 bits per heavy atom. The van der Waals surface area contributed by atoms with Gasteiger partial charge in [-0.2, -0.15) is 0 Å². The van der Waals surface area contributed by atoms with E-state index in [0.29, 0.717) is 6.54 Å². The molecule has 0 N–H and O–H groups in total. The van der Waals surface area contributed by atoms with Gasteiger partial charge in [0, 0.05) is 24.6 Å². The summed E-state index contributed by atoms with van der Waals surface area (Å²) in [6.45, 7) is 0.449. The third kappa shape index (κ3) is 2.75. The van der Waals surface area contributed by atoms with E-state index in [9.17, 15) is 18.4 Å². The van der Waals surface area contributed by atoms with Gasteiger partial charge in [-0.05, 0) is 12.1 Å². The number of carbonyl (C=O) groups excluding carboxylic acids is 2. The first kappa shape index (κ1) is 13.9. The van der Waals surface area contributed by atoms with Crippen LogP contribution in [-0.2, 0) is 4.79 Å². The molecule has 19 heavy (non-hydrogen) atoms. The normalized spacial score (nSPS) is 15.9. The van der Waals surface area contributed by atoms with Crippen LogP contribution in [0.25, 0.3) is 0 Å². The van der Waals surface area contributed by atoms with Gasteiger partial charge in [-0.25, -0.2) is 8.78 Å². The zero-order valence-corrected chi connectivity index (χ0v) is 11.7. The van der Waals surface area contributed by atoms with Crippen molar-refractivity contribution in [2.75, 3.05) is 26.7 Å². The van der Waals surface area contributed by atoms with Gasteiger partial charge in [-0.3, -0.25) is 9.59 Å². The molecule has 2 rings (SSSR count). The molecule has 1 heterocycles. The Morgan fingerprint density at radius 1 is 1.26 bits per heavy atom. The second-order valence-electron chi connectivity index (χ2n) is 4.29. The summed E-state index contributed by atoms with van der Waals surface area (Å²) in [5, 5.41) is 0. The molecule has 0 unspecified atom stereocenters. The van der Waals surface area contributed by atoms with Crippen LogP contribution in [0.15, 0.2) is 16.6 Å². The molecular weight excluding hydrogens is 322 g/mol. The molecule has 0 saturated carbocycles. The van der Waals surface area contributed by atoms with E-state index in [2.05, 4.69) is 15.9 Å². The van der Waals surface area contributed by atoms with E-state index in [4.69, 9.17) is 0 Å². The largest absolute Gasteiger partial charge is 0.342 e. The van der Waals surface area contributed by atoms with Crippen LogP contribution in [0.1, 0.15) is 10.4 Å². The second kappa shape index (κ2) is 5.24. The van der Waals surface area contributed by atoms with Gasteiger partial charge in [-0.1, -0.05) is 15.9 Å². The van der Waals surface area contributed by atoms with Crippen molar-refractivity contribution in [1.82, 2.24) is 9.80 Å². The lowest BCUT2D eigenvalue weighted by Crippen LogP contribution is -2.50. The van der Waals surface area contributed by atoms with Crippen LogP contribution in [0, 0.1) is 11.6 Å². The lowest BCUT2D eigenvalue weighted by Gasteiger charge is -2.32. The smallest absolute Gasteiger partial charge is 0.260 e. The molecule has 0 atom stereocenters. The summed E-state index contributed by atoms with van der Waals surface area (Å²) < 4.78 is 27.6. The minimum atomic E-state index is -0.941. The standard InChI is InChI=1S/C12H11BrF2N2O2/c1-16-2-3-17(6-10(16)18)12(19)11-8(14)4-7(13)5-9(11)15/h4-5H,2-3,6H2,1H3. The molecular formula is C12H11BrF2N2O2. The predicted molar refractivity (Wildman–Crippen MR) is 67.6 cm³/mol. The predicted octanol–water partition coefficient (Wildman–Crippen LogP) is 1.64. The van der Waals surface area contributed by atoms with Crippen molar-refractivity contribution in [2.45, 2.75) is 0 Å². The molecule has 1 aromatic rings. The first-order chi connectivity index (χ1) is 8.90. The Labute approximate surface area is 117 Å². The molecule has 102 valence electrons. The van der Waals surface area contributed by atoms with Gasteiger partial charge in [0.15, 0.2) is 0 Å². The maximum atomic E-state index is 13.7. The number of carbonyl (C=O) groups is 2. The molecule has 1 aromatic carbocycles. The van der Waals surface area contributed by atoms with Crippen LogP contribution in [0.3, 0.4) is 0 Å². The fourth-order valence-electron chi connectivity index (χ4n) is 1.84. The van der Waals surface area contributed by atoms with Gasteiger partial charge in [0.1, 0.15) is 23.7 Å². The van der Waals surface area contributed by atoms with E-state index < -0.39 is 23.1 Å². The zero-order chi connectivity index (χ0) is 14.2. The van der Waals surface area contributed by atoms with Crippen molar-refractivity contribution in [3.05, 3.63) is 33.8 Å². The van der Waals surface area contributed by atoms with Crippen molar-refractivity contribution in [3.8, 4) is 0 Å². The third-order valence-corrected chi connectivity index (χ3v) is 3.42. The van der Waals surface area contributed by atoms with Crippen molar-refractivity contribution in [3.63, 3.8) is 0 Å². The molecule has 2 amide bonds. The van der Waals surface area contributed by atoms with Gasteiger partial charge in [0.05, 0.1) is 0 Å². The maximum absolute atomic E-state index is 13.7. The maximum Gasteiger partial charge on any atom is 0.260 e. The van der Waals surface area contributed by atoms with Crippen LogP contribution in [0.2, 0.25) is 0 Å². The summed E-state index contributed by atoms with van der Waals surface area (Å²) in [5.41, 5.74) is -0.624. The molecule has 0 spiro atoms. The number of rotatable bonds is 1. The number of hydrogen-bond acceptors (Lipinski definition) is 2. The lowest BCUT2D eigenvalue weighted by atomic mass is 10.1. The molecule has 1 aliphatic heterocycles. The van der Waals surface area contributed by atoms with Crippen LogP contribution in [-0.4, -0.2) is 48.3 Å². The van der Waals surface area contributed by atoms with E-state index in [-0.39, 0.29) is 23.5 Å². The summed E-state index contributed by atoms with van der Waals surface area (Å²) in [6.07, 6.45) is 0. The van der Waals surface area contributed by atoms with E-state index in [0.717, 1.165) is 17.0 Å². The Balaban J connectivity index is 2.28. The molecule has 7 heteroatoms. The van der Waals surface area contributed by atoms with Gasteiger partial charge in [0.25, 0.3) is 5.91 Å². The Hall–Kier alpha value is -1.50. The Kier molecular flexibility index (Phi) is 3.84. The molecule has 1 aliphatic rings. The number of likely N-dealkylation sites (N-methyl/N-ethyl adjacent to an activating group) is 1. The number of hydrogen-bond donors (Lipinski definition) is 0. The summed E-state index contributed by atoms with van der Waals surface area (Å²) in [7, 11) is 1.62. The van der Waals surface area contributed by atoms with Gasteiger partial charge in [-0.15, -0.1) is 0 Å². The van der Waals surface area contributed by atoms with Gasteiger partial charge < -0.3 is 9.80 Å². The highest BCUT2D eigenvalue weighted by molar-refractivity contribution is 9.10. The topological polar surface area (TPSA) is 40.6 Å². The van der Waals surface area contributed by atoms with Crippen LogP contribution in [0.4, 0.5) is 8.78 Å². The molecule has 1 saturated heterocycles. The minimum Gasteiger partial charge on any atom is -0.342 e. The SMILES string of the molecule is CN1CCN(C(=O)c2c(F)cc(Br)cc2F)CC1=O. The fraction of sp³-hybridized carbons (Fsp3) is 0.333. The van der Waals surface area contributed by atoms with Crippen LogP contribution < -0.4 is 0 Å². The highest BCUT2D eigenvalue weighted by Crippen LogP contribution is 2.21. The molecule has 0 bridgehead atoms. The average molecular weight is 333 g/mol. The van der Waals surface area contributed by atoms with Gasteiger partial charge >= 0.3 is 0 Å². The summed E-state index contributed by atoms with van der Waals surface area (Å²) in [6, 6.07) is 2.04. The van der Waals surface area contributed by atoms with E-state index >= 15 is 0 Å². The minimum absolute atomic E-state index is 0.162. The average Bonchev–Trinajstić information content (AvgIpc) is 2.31. The number of benzene rings is 1. The Morgan fingerprint density at radius 3 is 2.37 bits per heavy atom. The number of nitrogens with zero attached hydrogens (tertiary/aromatic N) is 2. The van der Waals surface area contributed by atoms with Crippen molar-refractivity contribution in [2.24, 2.45) is 0 Å². The molecule has 0 aromatic heterocycles. The number of piperazine rings is 1. The highest BCUT2D eigenvalue weighted by Gasteiger charge is 2.29. The van der Waals surface area contributed by atoms with E-state index in [1.54, 1.807) is 7.05 Å². The molecule has 0 radical (unpaired) electrons. The third-order valence-electron chi connectivity index (χ3n) is 2.97. The first-order valence-electron chi connectivity index (χ1n) is 5.58. The highest BCUT2D eigenvalue weighted by atomic mass is 79.9. The first-order valence-corrected chi connectivity index (χ1v) is 6.37. The zero-order valence-electron chi connectivity index (χ0n) is 10.1. The molecule has 1 fully saturated rings. The van der Waals surface area contributed by atoms with Gasteiger partial charge in [0.2, 0.25) is 5.91 Å². The second-order valence-corrected chi connectivity index (χ2v) is 5.20. The fourth-order valence-corrected chi connectivity index (χ4v) is 2.24.